The summed E-state index contributed by atoms with van der Waals surface area (Å²) in [4.78, 5) is 52.9. The summed E-state index contributed by atoms with van der Waals surface area (Å²) in [6, 6.07) is 13.3. The van der Waals surface area contributed by atoms with Crippen molar-refractivity contribution in [3.05, 3.63) is 65.2 Å². The maximum Gasteiger partial charge on any atom is 0.338 e. The molecule has 8 heteroatoms. The molecule has 6 atom stereocenters. The molecule has 2 bridgehead atoms. The highest BCUT2D eigenvalue weighted by Gasteiger charge is 2.66. The molecule has 33 heavy (non-hydrogen) atoms. The van der Waals surface area contributed by atoms with Crippen LogP contribution in [0.3, 0.4) is 0 Å². The first kappa shape index (κ1) is 22.5. The number of carbonyl (C=O) groups is 4. The zero-order chi connectivity index (χ0) is 23.4. The summed E-state index contributed by atoms with van der Waals surface area (Å²) in [5.74, 6) is -1.83. The Bertz CT molecular complexity index is 1130. The number of hydrogen-bond donors (Lipinski definition) is 0. The molecule has 0 radical (unpaired) electrons. The molecular formula is C25H21Br2NO5. The summed E-state index contributed by atoms with van der Waals surface area (Å²) in [6.07, 6.45) is 0.855. The molecule has 1 aliphatic heterocycles. The van der Waals surface area contributed by atoms with Crippen molar-refractivity contribution < 1.29 is 23.9 Å². The molecule has 0 spiro atoms. The lowest BCUT2D eigenvalue weighted by Gasteiger charge is -2.28. The van der Waals surface area contributed by atoms with Gasteiger partial charge in [0.25, 0.3) is 0 Å². The summed E-state index contributed by atoms with van der Waals surface area (Å²) in [7, 11) is 0. The van der Waals surface area contributed by atoms with Gasteiger partial charge in [-0.05, 0) is 43.4 Å². The van der Waals surface area contributed by atoms with Crippen molar-refractivity contribution in [3.63, 3.8) is 0 Å². The molecule has 0 N–H and O–H groups in total. The molecule has 2 aromatic carbocycles. The van der Waals surface area contributed by atoms with Gasteiger partial charge in [-0.15, -0.1) is 0 Å². The summed E-state index contributed by atoms with van der Waals surface area (Å²) in [5, 5.41) is 0. The average molecular weight is 575 g/mol. The zero-order valence-corrected chi connectivity index (χ0v) is 20.9. The van der Waals surface area contributed by atoms with Gasteiger partial charge >= 0.3 is 5.97 Å². The number of aryl methyl sites for hydroxylation is 1. The second kappa shape index (κ2) is 8.47. The number of alkyl halides is 2. The van der Waals surface area contributed by atoms with Crippen LogP contribution in [-0.2, 0) is 14.3 Å². The highest BCUT2D eigenvalue weighted by Crippen LogP contribution is 2.60. The van der Waals surface area contributed by atoms with E-state index in [0.717, 1.165) is 12.0 Å². The molecule has 170 valence electrons. The first-order valence-electron chi connectivity index (χ1n) is 10.8. The number of rotatable bonds is 5. The molecule has 6 nitrogen and oxygen atoms in total. The summed E-state index contributed by atoms with van der Waals surface area (Å²) >= 11 is 7.37. The number of Topliss-reactive ketones (excluding diaryl/α,β-unsaturated/α-hetero) is 1. The van der Waals surface area contributed by atoms with E-state index in [1.54, 1.807) is 30.3 Å². The van der Waals surface area contributed by atoms with Crippen molar-refractivity contribution >= 4 is 61.1 Å². The maximum absolute atomic E-state index is 13.2. The fraction of sp³-hybridized carbons (Fsp3) is 0.360. The summed E-state index contributed by atoms with van der Waals surface area (Å²) in [5.41, 5.74) is 2.03. The zero-order valence-electron chi connectivity index (χ0n) is 17.7. The molecule has 1 saturated heterocycles. The van der Waals surface area contributed by atoms with Gasteiger partial charge in [-0.25, -0.2) is 4.79 Å². The molecule has 2 saturated carbocycles. The van der Waals surface area contributed by atoms with Crippen molar-refractivity contribution in [1.29, 1.82) is 0 Å². The van der Waals surface area contributed by atoms with Crippen molar-refractivity contribution in [2.75, 3.05) is 11.5 Å². The Morgan fingerprint density at radius 2 is 1.55 bits per heavy atom. The number of anilines is 1. The summed E-state index contributed by atoms with van der Waals surface area (Å²) in [6.45, 7) is 1.53. The van der Waals surface area contributed by atoms with Crippen LogP contribution in [0.1, 0.15) is 32.7 Å². The molecular weight excluding hydrogens is 554 g/mol. The van der Waals surface area contributed by atoms with E-state index < -0.39 is 5.97 Å². The molecule has 5 rings (SSSR count). The van der Waals surface area contributed by atoms with E-state index in [0.29, 0.717) is 11.3 Å². The maximum atomic E-state index is 13.2. The van der Waals surface area contributed by atoms with E-state index in [-0.39, 0.29) is 63.1 Å². The Morgan fingerprint density at radius 3 is 2.15 bits per heavy atom. The van der Waals surface area contributed by atoms with Crippen molar-refractivity contribution in [3.8, 4) is 0 Å². The predicted molar refractivity (Wildman–Crippen MR) is 129 cm³/mol. The van der Waals surface area contributed by atoms with Gasteiger partial charge in [-0.2, -0.15) is 0 Å². The number of amides is 2. The molecule has 0 unspecified atom stereocenters. The summed E-state index contributed by atoms with van der Waals surface area (Å²) < 4.78 is 5.20. The van der Waals surface area contributed by atoms with Crippen LogP contribution >= 0.6 is 31.9 Å². The second-order valence-electron chi connectivity index (χ2n) is 8.93. The second-order valence-corrected chi connectivity index (χ2v) is 11.0. The minimum atomic E-state index is -0.683. The lowest BCUT2D eigenvalue weighted by atomic mass is 9.81. The van der Waals surface area contributed by atoms with Crippen LogP contribution in [0, 0.1) is 30.6 Å². The van der Waals surface area contributed by atoms with Crippen LogP contribution in [0.25, 0.3) is 0 Å². The number of ketones is 1. The minimum absolute atomic E-state index is 0.117. The third-order valence-corrected chi connectivity index (χ3v) is 10.2. The van der Waals surface area contributed by atoms with Gasteiger partial charge in [0.2, 0.25) is 11.8 Å². The highest BCUT2D eigenvalue weighted by atomic mass is 79.9. The average Bonchev–Trinajstić information content (AvgIpc) is 3.42. The fourth-order valence-corrected chi connectivity index (χ4v) is 7.29. The van der Waals surface area contributed by atoms with Crippen molar-refractivity contribution in [2.45, 2.75) is 23.0 Å². The number of halogens is 2. The number of esters is 1. The van der Waals surface area contributed by atoms with Gasteiger partial charge in [-0.3, -0.25) is 19.3 Å². The molecule has 1 heterocycles. The molecule has 2 aromatic rings. The van der Waals surface area contributed by atoms with Crippen LogP contribution in [0.4, 0.5) is 5.69 Å². The van der Waals surface area contributed by atoms with E-state index in [9.17, 15) is 19.2 Å². The molecule has 2 amide bonds. The van der Waals surface area contributed by atoms with Gasteiger partial charge < -0.3 is 4.74 Å². The molecule has 3 aliphatic rings. The lowest BCUT2D eigenvalue weighted by molar-refractivity contribution is -0.123. The molecule has 2 aliphatic carbocycles. The Balaban J connectivity index is 1.31. The topological polar surface area (TPSA) is 80.8 Å². The minimum Gasteiger partial charge on any atom is -0.454 e. The number of nitrogens with zero attached hydrogens (tertiary/aromatic N) is 1. The van der Waals surface area contributed by atoms with Crippen LogP contribution in [0.5, 0.6) is 0 Å². The van der Waals surface area contributed by atoms with Gasteiger partial charge in [0.1, 0.15) is 0 Å². The number of fused-ring (bicyclic) bond motifs is 5. The van der Waals surface area contributed by atoms with E-state index >= 15 is 0 Å². The normalized spacial score (nSPS) is 30.0. The standard InChI is InChI=1S/C25H21Br2NO5/c1-12-5-7-13(8-6-12)18(29)11-33-25(32)14-3-2-4-15(9-14)28-23(30)19-16-10-17(20(19)24(28)31)22(27)21(16)26/h2-9,16-17,19-22H,10-11H2,1H3/t16-,17+,19-,20-,21-,22+/m0/s1. The first-order valence-corrected chi connectivity index (χ1v) is 12.6. The van der Waals surface area contributed by atoms with Gasteiger partial charge in [-0.1, -0.05) is 67.8 Å². The van der Waals surface area contributed by atoms with Gasteiger partial charge in [0, 0.05) is 15.2 Å². The Hall–Kier alpha value is -2.32. The number of ether oxygens (including phenoxy) is 1. The molecule has 3 fully saturated rings. The largest absolute Gasteiger partial charge is 0.454 e. The van der Waals surface area contributed by atoms with Gasteiger partial charge in [0.05, 0.1) is 23.1 Å². The van der Waals surface area contributed by atoms with E-state index in [4.69, 9.17) is 4.74 Å². The van der Waals surface area contributed by atoms with Crippen molar-refractivity contribution in [1.82, 2.24) is 0 Å². The third kappa shape index (κ3) is 3.67. The van der Waals surface area contributed by atoms with Crippen LogP contribution in [0.15, 0.2) is 48.5 Å². The smallest absolute Gasteiger partial charge is 0.338 e. The van der Waals surface area contributed by atoms with Crippen LogP contribution < -0.4 is 4.90 Å². The van der Waals surface area contributed by atoms with Crippen LogP contribution in [-0.4, -0.2) is 39.8 Å². The SMILES string of the molecule is Cc1ccc(C(=O)COC(=O)c2cccc(N3C(=O)[C@H]4[C@@H]5C[C@@H]([C@@H](Br)[C@H]5Br)[C@@H]4C3=O)c2)cc1. The fourth-order valence-electron chi connectivity index (χ4n) is 5.41. The highest BCUT2D eigenvalue weighted by molar-refractivity contribution is 9.12. The third-order valence-electron chi connectivity index (χ3n) is 7.04. The van der Waals surface area contributed by atoms with Crippen molar-refractivity contribution in [2.24, 2.45) is 23.7 Å². The number of imide groups is 1. The number of carbonyl (C=O) groups excluding carboxylic acids is 4. The van der Waals surface area contributed by atoms with E-state index in [2.05, 4.69) is 31.9 Å². The van der Waals surface area contributed by atoms with Gasteiger partial charge in [0.15, 0.2) is 12.4 Å². The van der Waals surface area contributed by atoms with Crippen LogP contribution in [0.2, 0.25) is 0 Å². The Morgan fingerprint density at radius 1 is 0.939 bits per heavy atom. The Kier molecular flexibility index (Phi) is 5.77. The van der Waals surface area contributed by atoms with E-state index in [1.165, 1.54) is 11.0 Å². The number of benzene rings is 2. The quantitative estimate of drug-likeness (QED) is 0.230. The predicted octanol–water partition coefficient (Wildman–Crippen LogP) is 4.32. The first-order chi connectivity index (χ1) is 15.8. The number of hydrogen-bond acceptors (Lipinski definition) is 5. The lowest BCUT2D eigenvalue weighted by Crippen LogP contribution is -2.37. The monoisotopic (exact) mass is 573 g/mol. The van der Waals surface area contributed by atoms with E-state index in [1.807, 2.05) is 19.1 Å². The Labute approximate surface area is 207 Å². The molecule has 0 aromatic heterocycles.